The molecule has 4 nitrogen and oxygen atoms in total. The highest BCUT2D eigenvalue weighted by Gasteiger charge is 2.17. The molecule has 72 valence electrons. The normalized spacial score (nSPS) is 10.6. The molecule has 1 aromatic carbocycles. The lowest BCUT2D eigenvalue weighted by Gasteiger charge is -1.92. The summed E-state index contributed by atoms with van der Waals surface area (Å²) in [4.78, 5) is 10.8. The van der Waals surface area contributed by atoms with Gasteiger partial charge in [0.25, 0.3) is 0 Å². The van der Waals surface area contributed by atoms with E-state index in [2.05, 4.69) is 0 Å². The first-order valence-electron chi connectivity index (χ1n) is 4.18. The number of rotatable bonds is 2. The number of hydrogen-bond donors (Lipinski definition) is 2. The number of para-hydroxylation sites is 1. The van der Waals surface area contributed by atoms with Gasteiger partial charge in [-0.05, 0) is 6.07 Å². The standard InChI is InChI=1S/C10H9NO3/c11-5-7-6-3-1-2-4-8(6)14-9(7)10(12)13/h1-4H,5,11H2,(H,12,13). The van der Waals surface area contributed by atoms with Gasteiger partial charge in [-0.2, -0.15) is 0 Å². The number of carboxylic acid groups (broad SMARTS) is 1. The average Bonchev–Trinajstić information content (AvgIpc) is 2.56. The Kier molecular flexibility index (Phi) is 1.98. The SMILES string of the molecule is NCc1c(C(=O)O)oc2ccccc12. The fourth-order valence-electron chi connectivity index (χ4n) is 1.47. The number of furan rings is 1. The highest BCUT2D eigenvalue weighted by atomic mass is 16.4. The maximum absolute atomic E-state index is 10.8. The quantitative estimate of drug-likeness (QED) is 0.755. The van der Waals surface area contributed by atoms with Crippen molar-refractivity contribution in [2.45, 2.75) is 6.54 Å². The molecule has 0 aliphatic carbocycles. The summed E-state index contributed by atoms with van der Waals surface area (Å²) in [5.74, 6) is -1.14. The highest BCUT2D eigenvalue weighted by Crippen LogP contribution is 2.25. The maximum atomic E-state index is 10.8. The Hall–Kier alpha value is -1.81. The van der Waals surface area contributed by atoms with Crippen molar-refractivity contribution in [2.75, 3.05) is 0 Å². The van der Waals surface area contributed by atoms with Gasteiger partial charge < -0.3 is 15.3 Å². The summed E-state index contributed by atoms with van der Waals surface area (Å²) in [7, 11) is 0. The number of benzene rings is 1. The molecule has 1 aromatic heterocycles. The van der Waals surface area contributed by atoms with Crippen LogP contribution in [0.2, 0.25) is 0 Å². The van der Waals surface area contributed by atoms with Crippen molar-refractivity contribution in [1.29, 1.82) is 0 Å². The number of nitrogens with two attached hydrogens (primary N) is 1. The van der Waals surface area contributed by atoms with E-state index >= 15 is 0 Å². The minimum atomic E-state index is -1.08. The molecule has 0 atom stereocenters. The highest BCUT2D eigenvalue weighted by molar-refractivity contribution is 5.95. The van der Waals surface area contributed by atoms with Crippen LogP contribution in [0.4, 0.5) is 0 Å². The van der Waals surface area contributed by atoms with E-state index in [1.54, 1.807) is 18.2 Å². The first-order chi connectivity index (χ1) is 6.74. The lowest BCUT2D eigenvalue weighted by Crippen LogP contribution is -2.03. The van der Waals surface area contributed by atoms with Crippen LogP contribution in [0.25, 0.3) is 11.0 Å². The van der Waals surface area contributed by atoms with Crippen LogP contribution in [0.1, 0.15) is 16.1 Å². The van der Waals surface area contributed by atoms with Gasteiger partial charge in [0.1, 0.15) is 5.58 Å². The van der Waals surface area contributed by atoms with Gasteiger partial charge in [-0.3, -0.25) is 0 Å². The number of carboxylic acids is 1. The van der Waals surface area contributed by atoms with E-state index in [-0.39, 0.29) is 12.3 Å². The molecule has 4 heteroatoms. The van der Waals surface area contributed by atoms with Crippen LogP contribution in [0.5, 0.6) is 0 Å². The van der Waals surface area contributed by atoms with Crippen LogP contribution >= 0.6 is 0 Å². The first kappa shape index (κ1) is 8.77. The molecular weight excluding hydrogens is 182 g/mol. The summed E-state index contributed by atoms with van der Waals surface area (Å²) in [6, 6.07) is 7.13. The van der Waals surface area contributed by atoms with Gasteiger partial charge in [-0.15, -0.1) is 0 Å². The van der Waals surface area contributed by atoms with Crippen molar-refractivity contribution >= 4 is 16.9 Å². The zero-order chi connectivity index (χ0) is 10.1. The van der Waals surface area contributed by atoms with E-state index in [1.807, 2.05) is 6.07 Å². The lowest BCUT2D eigenvalue weighted by molar-refractivity contribution is 0.0663. The summed E-state index contributed by atoms with van der Waals surface area (Å²) in [6.45, 7) is 0.165. The molecule has 0 radical (unpaired) electrons. The van der Waals surface area contributed by atoms with Crippen LogP contribution in [0.3, 0.4) is 0 Å². The van der Waals surface area contributed by atoms with Crippen LogP contribution in [0.15, 0.2) is 28.7 Å². The van der Waals surface area contributed by atoms with E-state index in [1.165, 1.54) is 0 Å². The summed E-state index contributed by atoms with van der Waals surface area (Å²) in [6.07, 6.45) is 0. The summed E-state index contributed by atoms with van der Waals surface area (Å²) in [5, 5.41) is 9.62. The number of hydrogen-bond acceptors (Lipinski definition) is 3. The van der Waals surface area contributed by atoms with Crippen LogP contribution in [-0.4, -0.2) is 11.1 Å². The Balaban J connectivity index is 2.78. The minimum absolute atomic E-state index is 0.0614. The lowest BCUT2D eigenvalue weighted by atomic mass is 10.1. The molecule has 2 rings (SSSR count). The predicted octanol–water partition coefficient (Wildman–Crippen LogP) is 1.59. The van der Waals surface area contributed by atoms with Gasteiger partial charge in [0.2, 0.25) is 5.76 Å². The Labute approximate surface area is 79.9 Å². The summed E-state index contributed by atoms with van der Waals surface area (Å²) in [5.41, 5.74) is 6.59. The van der Waals surface area contributed by atoms with Gasteiger partial charge in [0, 0.05) is 17.5 Å². The monoisotopic (exact) mass is 191 g/mol. The molecule has 0 bridgehead atoms. The van der Waals surface area contributed by atoms with E-state index < -0.39 is 5.97 Å². The van der Waals surface area contributed by atoms with Crippen molar-refractivity contribution < 1.29 is 14.3 Å². The molecule has 0 aliphatic rings. The van der Waals surface area contributed by atoms with Crippen molar-refractivity contribution in [3.05, 3.63) is 35.6 Å². The van der Waals surface area contributed by atoms with Gasteiger partial charge >= 0.3 is 5.97 Å². The Morgan fingerprint density at radius 1 is 1.43 bits per heavy atom. The second kappa shape index (κ2) is 3.16. The number of aromatic carboxylic acids is 1. The zero-order valence-corrected chi connectivity index (χ0v) is 7.36. The fourth-order valence-corrected chi connectivity index (χ4v) is 1.47. The molecule has 0 unspecified atom stereocenters. The van der Waals surface area contributed by atoms with Crippen molar-refractivity contribution in [2.24, 2.45) is 5.73 Å². The van der Waals surface area contributed by atoms with Crippen molar-refractivity contribution in [1.82, 2.24) is 0 Å². The third-order valence-corrected chi connectivity index (χ3v) is 2.10. The van der Waals surface area contributed by atoms with E-state index in [4.69, 9.17) is 15.3 Å². The predicted molar refractivity (Wildman–Crippen MR) is 51.1 cm³/mol. The molecule has 0 spiro atoms. The third-order valence-electron chi connectivity index (χ3n) is 2.10. The second-order valence-corrected chi connectivity index (χ2v) is 2.92. The molecule has 3 N–H and O–H groups in total. The fraction of sp³-hybridized carbons (Fsp3) is 0.100. The van der Waals surface area contributed by atoms with Crippen LogP contribution in [0, 0.1) is 0 Å². The molecule has 1 heterocycles. The molecule has 0 amide bonds. The molecule has 2 aromatic rings. The first-order valence-corrected chi connectivity index (χ1v) is 4.18. The molecule has 0 fully saturated rings. The summed E-state index contributed by atoms with van der Waals surface area (Å²) < 4.78 is 5.17. The Morgan fingerprint density at radius 3 is 2.79 bits per heavy atom. The zero-order valence-electron chi connectivity index (χ0n) is 7.36. The molecule has 0 saturated heterocycles. The minimum Gasteiger partial charge on any atom is -0.475 e. The van der Waals surface area contributed by atoms with E-state index in [0.717, 1.165) is 5.39 Å². The van der Waals surface area contributed by atoms with Gasteiger partial charge in [0.05, 0.1) is 0 Å². The van der Waals surface area contributed by atoms with Crippen molar-refractivity contribution in [3.63, 3.8) is 0 Å². The molecule has 0 aliphatic heterocycles. The Bertz CT molecular complexity index is 487. The van der Waals surface area contributed by atoms with Crippen LogP contribution in [-0.2, 0) is 6.54 Å². The topological polar surface area (TPSA) is 76.5 Å². The maximum Gasteiger partial charge on any atom is 0.372 e. The average molecular weight is 191 g/mol. The van der Waals surface area contributed by atoms with Crippen LogP contribution < -0.4 is 5.73 Å². The second-order valence-electron chi connectivity index (χ2n) is 2.92. The smallest absolute Gasteiger partial charge is 0.372 e. The summed E-state index contributed by atoms with van der Waals surface area (Å²) >= 11 is 0. The molecular formula is C10H9NO3. The van der Waals surface area contributed by atoms with Gasteiger partial charge in [-0.25, -0.2) is 4.79 Å². The largest absolute Gasteiger partial charge is 0.475 e. The number of carbonyl (C=O) groups is 1. The number of fused-ring (bicyclic) bond motifs is 1. The molecule has 0 saturated carbocycles. The Morgan fingerprint density at radius 2 is 2.14 bits per heavy atom. The van der Waals surface area contributed by atoms with E-state index in [0.29, 0.717) is 11.1 Å². The van der Waals surface area contributed by atoms with Gasteiger partial charge in [0.15, 0.2) is 0 Å². The third kappa shape index (κ3) is 1.16. The van der Waals surface area contributed by atoms with E-state index in [9.17, 15) is 4.79 Å². The van der Waals surface area contributed by atoms with Crippen molar-refractivity contribution in [3.8, 4) is 0 Å². The molecule has 14 heavy (non-hydrogen) atoms. The van der Waals surface area contributed by atoms with Gasteiger partial charge in [-0.1, -0.05) is 18.2 Å².